The van der Waals surface area contributed by atoms with Gasteiger partial charge >= 0.3 is 0 Å². The lowest BCUT2D eigenvalue weighted by atomic mass is 10.1. The number of primary sulfonamides is 1. The zero-order valence-corrected chi connectivity index (χ0v) is 16.2. The highest BCUT2D eigenvalue weighted by atomic mass is 127. The Morgan fingerprint density at radius 2 is 1.70 bits per heavy atom. The maximum atomic E-state index is 11.2. The third-order valence-corrected chi connectivity index (χ3v) is 4.82. The van der Waals surface area contributed by atoms with Crippen molar-refractivity contribution in [3.8, 4) is 0 Å². The van der Waals surface area contributed by atoms with Gasteiger partial charge in [-0.2, -0.15) is 0 Å². The van der Waals surface area contributed by atoms with E-state index in [9.17, 15) is 8.42 Å². The fourth-order valence-corrected chi connectivity index (χ4v) is 3.15. The zero-order chi connectivity index (χ0) is 16.0. The molecule has 2 rings (SSSR count). The molecule has 1 aliphatic rings. The van der Waals surface area contributed by atoms with Gasteiger partial charge in [0.25, 0.3) is 0 Å². The minimum absolute atomic E-state index is 0. The average molecular weight is 452 g/mol. The van der Waals surface area contributed by atoms with Crippen LogP contribution in [-0.4, -0.2) is 20.4 Å². The predicted octanol–water partition coefficient (Wildman–Crippen LogP) is 2.08. The highest BCUT2D eigenvalue weighted by Crippen LogP contribution is 2.17. The predicted molar refractivity (Wildman–Crippen MR) is 103 cm³/mol. The fourth-order valence-electron chi connectivity index (χ4n) is 2.64. The summed E-state index contributed by atoms with van der Waals surface area (Å²) in [5, 5.41) is 8.34. The first-order chi connectivity index (χ1) is 10.4. The maximum absolute atomic E-state index is 11.2. The SMILES string of the molecule is I.NC(=NCc1ccc(S(N)(=O)=O)cc1)NC1CCCCCC1. The first kappa shape index (κ1) is 20.2. The van der Waals surface area contributed by atoms with E-state index in [1.54, 1.807) is 12.1 Å². The summed E-state index contributed by atoms with van der Waals surface area (Å²) in [6.07, 6.45) is 7.34. The second-order valence-electron chi connectivity index (χ2n) is 5.72. The molecule has 1 aromatic rings. The van der Waals surface area contributed by atoms with Gasteiger partial charge in [0.15, 0.2) is 5.96 Å². The summed E-state index contributed by atoms with van der Waals surface area (Å²) in [5.41, 5.74) is 6.81. The molecule has 0 amide bonds. The number of guanidine groups is 1. The number of sulfonamides is 1. The number of benzene rings is 1. The molecule has 0 atom stereocenters. The third-order valence-electron chi connectivity index (χ3n) is 3.89. The van der Waals surface area contributed by atoms with Crippen molar-refractivity contribution >= 4 is 40.0 Å². The van der Waals surface area contributed by atoms with E-state index < -0.39 is 10.0 Å². The minimum atomic E-state index is -3.65. The Hall–Kier alpha value is -0.870. The molecule has 0 radical (unpaired) electrons. The van der Waals surface area contributed by atoms with Gasteiger partial charge < -0.3 is 11.1 Å². The van der Waals surface area contributed by atoms with Crippen LogP contribution in [0, 0.1) is 0 Å². The van der Waals surface area contributed by atoms with Crippen LogP contribution in [-0.2, 0) is 16.6 Å². The van der Waals surface area contributed by atoms with Crippen molar-refractivity contribution in [2.45, 2.75) is 56.0 Å². The Morgan fingerprint density at radius 3 is 2.22 bits per heavy atom. The number of hydrogen-bond donors (Lipinski definition) is 3. The fraction of sp³-hybridized carbons (Fsp3) is 0.533. The summed E-state index contributed by atoms with van der Waals surface area (Å²) in [5.74, 6) is 0.447. The van der Waals surface area contributed by atoms with E-state index in [-0.39, 0.29) is 28.9 Å². The number of nitrogens with zero attached hydrogens (tertiary/aromatic N) is 1. The first-order valence-electron chi connectivity index (χ1n) is 7.63. The summed E-state index contributed by atoms with van der Waals surface area (Å²) in [6, 6.07) is 6.77. The number of rotatable bonds is 4. The van der Waals surface area contributed by atoms with E-state index in [1.807, 2.05) is 0 Å². The van der Waals surface area contributed by atoms with Gasteiger partial charge in [-0.3, -0.25) is 0 Å². The summed E-state index contributed by atoms with van der Waals surface area (Å²) < 4.78 is 22.4. The molecule has 0 unspecified atom stereocenters. The number of aliphatic imine (C=N–C) groups is 1. The quantitative estimate of drug-likeness (QED) is 0.281. The number of nitrogens with two attached hydrogens (primary N) is 2. The second kappa shape index (κ2) is 9.43. The molecule has 0 aliphatic heterocycles. The average Bonchev–Trinajstić information content (AvgIpc) is 2.73. The van der Waals surface area contributed by atoms with Crippen LogP contribution in [0.1, 0.15) is 44.1 Å². The van der Waals surface area contributed by atoms with Crippen LogP contribution in [0.4, 0.5) is 0 Å². The van der Waals surface area contributed by atoms with E-state index in [1.165, 1.54) is 37.8 Å². The van der Waals surface area contributed by atoms with E-state index in [0.717, 1.165) is 18.4 Å². The summed E-state index contributed by atoms with van der Waals surface area (Å²) in [7, 11) is -3.65. The molecule has 130 valence electrons. The lowest BCUT2D eigenvalue weighted by Crippen LogP contribution is -2.39. The zero-order valence-electron chi connectivity index (χ0n) is 13.1. The maximum Gasteiger partial charge on any atom is 0.238 e. The number of hydrogen-bond acceptors (Lipinski definition) is 3. The highest BCUT2D eigenvalue weighted by Gasteiger charge is 2.12. The van der Waals surface area contributed by atoms with Gasteiger partial charge in [0.1, 0.15) is 0 Å². The van der Waals surface area contributed by atoms with Gasteiger partial charge in [-0.1, -0.05) is 37.8 Å². The highest BCUT2D eigenvalue weighted by molar-refractivity contribution is 14.0. The summed E-state index contributed by atoms with van der Waals surface area (Å²) >= 11 is 0. The summed E-state index contributed by atoms with van der Waals surface area (Å²) in [4.78, 5) is 4.42. The van der Waals surface area contributed by atoms with Crippen LogP contribution >= 0.6 is 24.0 Å². The molecule has 8 heteroatoms. The van der Waals surface area contributed by atoms with E-state index in [0.29, 0.717) is 18.5 Å². The molecule has 1 aromatic carbocycles. The Labute approximate surface area is 155 Å². The smallest absolute Gasteiger partial charge is 0.238 e. The Balaban J connectivity index is 0.00000264. The second-order valence-corrected chi connectivity index (χ2v) is 7.28. The molecule has 0 heterocycles. The van der Waals surface area contributed by atoms with E-state index >= 15 is 0 Å². The van der Waals surface area contributed by atoms with Gasteiger partial charge in [0.2, 0.25) is 10.0 Å². The largest absolute Gasteiger partial charge is 0.370 e. The molecule has 0 aromatic heterocycles. The number of nitrogens with one attached hydrogen (secondary N) is 1. The number of halogens is 1. The molecule has 5 N–H and O–H groups in total. The van der Waals surface area contributed by atoms with Gasteiger partial charge in [0.05, 0.1) is 11.4 Å². The molecule has 23 heavy (non-hydrogen) atoms. The molecule has 1 fully saturated rings. The van der Waals surface area contributed by atoms with Crippen molar-refractivity contribution < 1.29 is 8.42 Å². The monoisotopic (exact) mass is 452 g/mol. The molecule has 0 saturated heterocycles. The Kier molecular flexibility index (Phi) is 8.27. The van der Waals surface area contributed by atoms with Crippen LogP contribution < -0.4 is 16.2 Å². The van der Waals surface area contributed by atoms with E-state index in [4.69, 9.17) is 10.9 Å². The lowest BCUT2D eigenvalue weighted by molar-refractivity contribution is 0.530. The molecule has 1 aliphatic carbocycles. The molecular formula is C15H25IN4O2S. The first-order valence-corrected chi connectivity index (χ1v) is 9.18. The van der Waals surface area contributed by atoms with Crippen LogP contribution in [0.15, 0.2) is 34.2 Å². The Bertz CT molecular complexity index is 609. The van der Waals surface area contributed by atoms with Crippen molar-refractivity contribution in [3.05, 3.63) is 29.8 Å². The standard InChI is InChI=1S/C15H24N4O2S.HI/c16-15(19-13-5-3-1-2-4-6-13)18-11-12-7-9-14(10-8-12)22(17,20)21;/h7-10,13H,1-6,11H2,(H3,16,18,19)(H2,17,20,21);1H. The molecule has 0 spiro atoms. The third kappa shape index (κ3) is 7.05. The van der Waals surface area contributed by atoms with Crippen LogP contribution in [0.5, 0.6) is 0 Å². The molecule has 1 saturated carbocycles. The van der Waals surface area contributed by atoms with Crippen LogP contribution in [0.3, 0.4) is 0 Å². The van der Waals surface area contributed by atoms with E-state index in [2.05, 4.69) is 10.3 Å². The van der Waals surface area contributed by atoms with Crippen molar-refractivity contribution in [3.63, 3.8) is 0 Å². The normalized spacial score (nSPS) is 17.2. The van der Waals surface area contributed by atoms with Crippen LogP contribution in [0.25, 0.3) is 0 Å². The van der Waals surface area contributed by atoms with Crippen molar-refractivity contribution in [2.75, 3.05) is 0 Å². The van der Waals surface area contributed by atoms with Crippen molar-refractivity contribution in [1.29, 1.82) is 0 Å². The molecular weight excluding hydrogens is 427 g/mol. The van der Waals surface area contributed by atoms with Crippen molar-refractivity contribution in [2.24, 2.45) is 15.9 Å². The van der Waals surface area contributed by atoms with Gasteiger partial charge in [-0.15, -0.1) is 24.0 Å². The van der Waals surface area contributed by atoms with Crippen molar-refractivity contribution in [1.82, 2.24) is 5.32 Å². The summed E-state index contributed by atoms with van der Waals surface area (Å²) in [6.45, 7) is 0.413. The molecule has 0 bridgehead atoms. The Morgan fingerprint density at radius 1 is 1.13 bits per heavy atom. The van der Waals surface area contributed by atoms with Gasteiger partial charge in [0, 0.05) is 6.04 Å². The lowest BCUT2D eigenvalue weighted by Gasteiger charge is -2.16. The van der Waals surface area contributed by atoms with Gasteiger partial charge in [-0.05, 0) is 30.5 Å². The minimum Gasteiger partial charge on any atom is -0.370 e. The van der Waals surface area contributed by atoms with Crippen LogP contribution in [0.2, 0.25) is 0 Å². The van der Waals surface area contributed by atoms with Gasteiger partial charge in [-0.25, -0.2) is 18.5 Å². The topological polar surface area (TPSA) is 111 Å². The molecule has 6 nitrogen and oxygen atoms in total.